The Kier molecular flexibility index (Phi) is 8.58. The quantitative estimate of drug-likeness (QED) is 0.254. The third-order valence-corrected chi connectivity index (χ3v) is 11.3. The molecule has 0 radical (unpaired) electrons. The molecule has 2 unspecified atom stereocenters. The van der Waals surface area contributed by atoms with Gasteiger partial charge in [-0.2, -0.15) is 10.1 Å². The number of H-pyrrole nitrogens is 1. The number of hydrogen-bond donors (Lipinski definition) is 2. The lowest BCUT2D eigenvalue weighted by Crippen LogP contribution is -2.50. The molecule has 2 atom stereocenters. The second-order valence-electron chi connectivity index (χ2n) is 10.4. The number of piperazine rings is 1. The minimum Gasteiger partial charge on any atom is -0.497 e. The molecule has 14 nitrogen and oxygen atoms in total. The summed E-state index contributed by atoms with van der Waals surface area (Å²) in [6.45, 7) is 5.45. The molecule has 0 saturated carbocycles. The molecule has 1 amide bonds. The Morgan fingerprint density at radius 3 is 2.59 bits per heavy atom. The molecule has 44 heavy (non-hydrogen) atoms. The Balaban J connectivity index is 1.36. The van der Waals surface area contributed by atoms with Gasteiger partial charge in [-0.3, -0.25) is 14.5 Å². The summed E-state index contributed by atoms with van der Waals surface area (Å²) in [6.07, 6.45) is 1.40. The van der Waals surface area contributed by atoms with Crippen LogP contribution in [0, 0.1) is 6.92 Å². The van der Waals surface area contributed by atoms with Crippen LogP contribution in [0.5, 0.6) is 5.75 Å². The fraction of sp³-hybridized carbons (Fsp3) is 0.370. The summed E-state index contributed by atoms with van der Waals surface area (Å²) in [7, 11) is -1.06. The van der Waals surface area contributed by atoms with E-state index >= 15 is 0 Å². The molecule has 3 aromatic heterocycles. The van der Waals surface area contributed by atoms with Gasteiger partial charge in [-0.1, -0.05) is 6.07 Å². The van der Waals surface area contributed by atoms with Crippen LogP contribution >= 0.6 is 23.1 Å². The summed E-state index contributed by atoms with van der Waals surface area (Å²) in [5.74, 6) is 0.163. The zero-order valence-corrected chi connectivity index (χ0v) is 26.7. The van der Waals surface area contributed by atoms with Crippen molar-refractivity contribution in [2.24, 2.45) is 4.99 Å². The highest BCUT2D eigenvalue weighted by atomic mass is 32.2. The molecule has 6 rings (SSSR count). The van der Waals surface area contributed by atoms with Crippen molar-refractivity contribution in [3.05, 3.63) is 68.4 Å². The molecule has 2 N–H and O–H groups in total. The number of ether oxygens (including phenoxy) is 1. The number of methoxy groups -OCH3 is 1. The van der Waals surface area contributed by atoms with Crippen LogP contribution in [0.1, 0.15) is 21.6 Å². The number of benzene rings is 1. The largest absolute Gasteiger partial charge is 0.497 e. The van der Waals surface area contributed by atoms with Gasteiger partial charge >= 0.3 is 0 Å². The van der Waals surface area contributed by atoms with E-state index < -0.39 is 31.1 Å². The molecule has 17 heteroatoms. The first kappa shape index (κ1) is 30.4. The minimum absolute atomic E-state index is 0.0323. The molecule has 2 aliphatic heterocycles. The Bertz CT molecular complexity index is 1850. The number of amides is 1. The van der Waals surface area contributed by atoms with Crippen molar-refractivity contribution < 1.29 is 17.9 Å². The predicted octanol–water partition coefficient (Wildman–Crippen LogP) is 1.63. The van der Waals surface area contributed by atoms with Gasteiger partial charge in [-0.25, -0.2) is 27.9 Å². The number of aromatic nitrogens is 4. The summed E-state index contributed by atoms with van der Waals surface area (Å²) in [5, 5.41) is 8.53. The van der Waals surface area contributed by atoms with Crippen molar-refractivity contribution >= 4 is 56.8 Å². The van der Waals surface area contributed by atoms with Crippen molar-refractivity contribution in [2.75, 3.05) is 46.9 Å². The maximum atomic E-state index is 14.1. The van der Waals surface area contributed by atoms with Crippen LogP contribution in [-0.4, -0.2) is 107 Å². The molecule has 1 aromatic carbocycles. The summed E-state index contributed by atoms with van der Waals surface area (Å²) in [6, 6.07) is 10.6. The van der Waals surface area contributed by atoms with Gasteiger partial charge < -0.3 is 9.64 Å². The van der Waals surface area contributed by atoms with Crippen LogP contribution in [0.25, 0.3) is 5.78 Å². The molecule has 0 spiro atoms. The molecule has 0 aliphatic carbocycles. The van der Waals surface area contributed by atoms with Gasteiger partial charge in [0, 0.05) is 43.8 Å². The number of fused-ring (bicyclic) bond motifs is 1. The van der Waals surface area contributed by atoms with E-state index in [0.29, 0.717) is 17.9 Å². The zero-order valence-electron chi connectivity index (χ0n) is 24.2. The second kappa shape index (κ2) is 12.4. The molecule has 2 fully saturated rings. The number of sulfonamides is 1. The van der Waals surface area contributed by atoms with Gasteiger partial charge in [-0.05, 0) is 55.2 Å². The maximum Gasteiger partial charge on any atom is 0.283 e. The van der Waals surface area contributed by atoms with Crippen LogP contribution < -0.4 is 15.1 Å². The average Bonchev–Trinajstić information content (AvgIpc) is 3.74. The fourth-order valence-electron chi connectivity index (χ4n) is 5.02. The number of carbonyl (C=O) groups excluding carboxylic acids is 1. The number of hydrogen-bond acceptors (Lipinski definition) is 12. The third kappa shape index (κ3) is 6.02. The van der Waals surface area contributed by atoms with E-state index in [4.69, 9.17) is 4.74 Å². The van der Waals surface area contributed by atoms with E-state index in [0.717, 1.165) is 40.5 Å². The number of aliphatic imine (C=N–C) groups is 1. The molecule has 232 valence electrons. The Labute approximate surface area is 261 Å². The van der Waals surface area contributed by atoms with Gasteiger partial charge in [0.1, 0.15) is 22.2 Å². The maximum absolute atomic E-state index is 14.1. The number of likely N-dealkylation sites (N-methyl/N-ethyl adjacent to an activating group) is 1. The zero-order chi connectivity index (χ0) is 31.0. The number of nitrogens with zero attached hydrogens (tertiary/aromatic N) is 7. The number of thioether (sulfide) groups is 1. The van der Waals surface area contributed by atoms with Gasteiger partial charge in [0.15, 0.2) is 10.7 Å². The van der Waals surface area contributed by atoms with Crippen LogP contribution in [0.3, 0.4) is 0 Å². The van der Waals surface area contributed by atoms with E-state index in [-0.39, 0.29) is 23.3 Å². The summed E-state index contributed by atoms with van der Waals surface area (Å²) in [5.41, 5.74) is -0.267. The van der Waals surface area contributed by atoms with Crippen molar-refractivity contribution in [3.8, 4) is 5.75 Å². The van der Waals surface area contributed by atoms with Gasteiger partial charge in [0.05, 0.1) is 7.11 Å². The Morgan fingerprint density at radius 1 is 1.16 bits per heavy atom. The Hall–Kier alpha value is -3.61. The summed E-state index contributed by atoms with van der Waals surface area (Å²) in [4.78, 5) is 43.2. The highest BCUT2D eigenvalue weighted by molar-refractivity contribution is 8.01. The fourth-order valence-corrected chi connectivity index (χ4v) is 8.65. The van der Waals surface area contributed by atoms with Crippen molar-refractivity contribution in [2.45, 2.75) is 22.4 Å². The first-order chi connectivity index (χ1) is 21.1. The van der Waals surface area contributed by atoms with Gasteiger partial charge in [0.25, 0.3) is 21.5 Å². The molecule has 2 saturated heterocycles. The highest BCUT2D eigenvalue weighted by Gasteiger charge is 2.45. The number of carbonyl (C=O) groups is 1. The number of aromatic amines is 1. The van der Waals surface area contributed by atoms with E-state index in [2.05, 4.69) is 41.9 Å². The molecular formula is C27H31N9O5S3. The normalized spacial score (nSPS) is 20.3. The van der Waals surface area contributed by atoms with Crippen LogP contribution in [0.4, 0.5) is 5.82 Å². The van der Waals surface area contributed by atoms with E-state index in [1.165, 1.54) is 29.3 Å². The lowest BCUT2D eigenvalue weighted by Gasteiger charge is -2.33. The van der Waals surface area contributed by atoms with Crippen molar-refractivity contribution in [3.63, 3.8) is 0 Å². The number of nitrogens with one attached hydrogen (secondary N) is 2. The standard InChI is InChI=1S/C27H31N9O5S3/c1-17-30-31-27-29-23(28-15-18-6-8-19(41-3)9-7-18)22(25(38)35(17)27)44(39,40)32-36-24(37)21(16-34-12-10-33(2)11-13-34)43-26(36)20-5-4-14-42-20/h4-9,14-15,21,26,32H,10-13,16H2,1-3H3,(H,29,31)/b28-15+. The van der Waals surface area contributed by atoms with Crippen LogP contribution in [0.15, 0.2) is 56.5 Å². The van der Waals surface area contributed by atoms with E-state index in [9.17, 15) is 18.0 Å². The van der Waals surface area contributed by atoms with Crippen LogP contribution in [0.2, 0.25) is 0 Å². The monoisotopic (exact) mass is 657 g/mol. The topological polar surface area (TPSA) is 158 Å². The number of aryl methyl sites for hydroxylation is 1. The Morgan fingerprint density at radius 2 is 1.91 bits per heavy atom. The number of rotatable bonds is 9. The molecule has 0 bridgehead atoms. The summed E-state index contributed by atoms with van der Waals surface area (Å²) >= 11 is 2.81. The lowest BCUT2D eigenvalue weighted by molar-refractivity contribution is -0.132. The summed E-state index contributed by atoms with van der Waals surface area (Å²) < 4.78 is 34.4. The lowest BCUT2D eigenvalue weighted by atomic mass is 10.2. The molecule has 2 aliphatic rings. The first-order valence-electron chi connectivity index (χ1n) is 13.8. The number of hydrazine groups is 1. The average molecular weight is 658 g/mol. The smallest absolute Gasteiger partial charge is 0.283 e. The minimum atomic E-state index is -4.67. The second-order valence-corrected chi connectivity index (χ2v) is 14.3. The number of thiophene rings is 1. The molecule has 4 aromatic rings. The van der Waals surface area contributed by atoms with Crippen LogP contribution in [-0.2, 0) is 14.8 Å². The van der Waals surface area contributed by atoms with Crippen molar-refractivity contribution in [1.82, 2.24) is 39.2 Å². The third-order valence-electron chi connectivity index (χ3n) is 7.45. The first-order valence-corrected chi connectivity index (χ1v) is 17.1. The highest BCUT2D eigenvalue weighted by Crippen LogP contribution is 2.44. The van der Waals surface area contributed by atoms with E-state index in [1.807, 2.05) is 17.5 Å². The van der Waals surface area contributed by atoms with E-state index in [1.54, 1.807) is 38.3 Å². The van der Waals surface area contributed by atoms with Crippen molar-refractivity contribution in [1.29, 1.82) is 0 Å². The van der Waals surface area contributed by atoms with Gasteiger partial charge in [-0.15, -0.1) is 27.9 Å². The predicted molar refractivity (Wildman–Crippen MR) is 168 cm³/mol. The SMILES string of the molecule is COc1ccc(/C=N/c2nc3[nH]nc(C)n3c(=O)c2S(=O)(=O)NN2C(=O)C(CN3CCN(C)CC3)SC2c2cccs2)cc1. The van der Waals surface area contributed by atoms with Gasteiger partial charge in [0.2, 0.25) is 5.78 Å². The molecule has 5 heterocycles. The molecular weight excluding hydrogens is 627 g/mol.